The number of rotatable bonds is 3. The predicted octanol–water partition coefficient (Wildman–Crippen LogP) is 3.44. The Bertz CT molecular complexity index is 444. The topological polar surface area (TPSA) is 20.3 Å². The Balaban J connectivity index is 2.21. The minimum atomic E-state index is 0.0288. The number of halogens is 1. The van der Waals surface area contributed by atoms with E-state index >= 15 is 0 Å². The van der Waals surface area contributed by atoms with Gasteiger partial charge in [0.05, 0.1) is 6.04 Å². The molecule has 1 aliphatic heterocycles. The van der Waals surface area contributed by atoms with E-state index in [1.807, 2.05) is 42.2 Å². The molecule has 1 heterocycles. The van der Waals surface area contributed by atoms with Gasteiger partial charge in [-0.05, 0) is 18.6 Å². The molecule has 1 aromatic carbocycles. The minimum Gasteiger partial charge on any atom is -0.335 e. The van der Waals surface area contributed by atoms with Crippen LogP contribution >= 0.6 is 11.6 Å². The second kappa shape index (κ2) is 4.92. The van der Waals surface area contributed by atoms with E-state index in [-0.39, 0.29) is 17.9 Å². The average Bonchev–Trinajstić information content (AvgIpc) is 2.70. The Morgan fingerprint density at radius 2 is 2.24 bits per heavy atom. The summed E-state index contributed by atoms with van der Waals surface area (Å²) >= 11 is 6.16. The first kappa shape index (κ1) is 12.2. The average molecular weight is 250 g/mol. The summed E-state index contributed by atoms with van der Waals surface area (Å²) in [6, 6.07) is 7.71. The third-order valence-electron chi connectivity index (χ3n) is 3.34. The standard InChI is InChI=1S/C14H16ClNO/c1-3-11-8-14(17)16(9-11)10(2)12-6-4-5-7-13(12)15/h3-7,10-11H,1,8-9H2,2H3. The van der Waals surface area contributed by atoms with E-state index in [0.29, 0.717) is 6.42 Å². The van der Waals surface area contributed by atoms with Crippen LogP contribution in [0.15, 0.2) is 36.9 Å². The van der Waals surface area contributed by atoms with E-state index < -0.39 is 0 Å². The van der Waals surface area contributed by atoms with Crippen LogP contribution in [0.4, 0.5) is 0 Å². The van der Waals surface area contributed by atoms with Crippen molar-refractivity contribution in [3.63, 3.8) is 0 Å². The number of benzene rings is 1. The zero-order valence-electron chi connectivity index (χ0n) is 9.90. The highest BCUT2D eigenvalue weighted by Crippen LogP contribution is 2.32. The van der Waals surface area contributed by atoms with Gasteiger partial charge in [0.25, 0.3) is 0 Å². The van der Waals surface area contributed by atoms with Crippen molar-refractivity contribution in [1.29, 1.82) is 0 Å². The fraction of sp³-hybridized carbons (Fsp3) is 0.357. The summed E-state index contributed by atoms with van der Waals surface area (Å²) in [4.78, 5) is 13.8. The van der Waals surface area contributed by atoms with Gasteiger partial charge in [-0.15, -0.1) is 6.58 Å². The van der Waals surface area contributed by atoms with Crippen molar-refractivity contribution in [2.75, 3.05) is 6.54 Å². The van der Waals surface area contributed by atoms with Crippen LogP contribution in [0.25, 0.3) is 0 Å². The molecule has 0 spiro atoms. The molecule has 2 unspecified atom stereocenters. The molecule has 0 saturated carbocycles. The van der Waals surface area contributed by atoms with Gasteiger partial charge in [0.15, 0.2) is 0 Å². The number of nitrogens with zero attached hydrogens (tertiary/aromatic N) is 1. The number of likely N-dealkylation sites (tertiary alicyclic amines) is 1. The number of carbonyl (C=O) groups is 1. The Morgan fingerprint density at radius 3 is 2.82 bits per heavy atom. The van der Waals surface area contributed by atoms with E-state index in [1.165, 1.54) is 0 Å². The number of amides is 1. The number of hydrogen-bond donors (Lipinski definition) is 0. The highest BCUT2D eigenvalue weighted by Gasteiger charge is 2.32. The third-order valence-corrected chi connectivity index (χ3v) is 3.69. The van der Waals surface area contributed by atoms with Crippen molar-refractivity contribution < 1.29 is 4.79 Å². The van der Waals surface area contributed by atoms with E-state index in [2.05, 4.69) is 6.58 Å². The van der Waals surface area contributed by atoms with Gasteiger partial charge >= 0.3 is 0 Å². The van der Waals surface area contributed by atoms with Crippen LogP contribution in [0.3, 0.4) is 0 Å². The molecule has 1 saturated heterocycles. The summed E-state index contributed by atoms with van der Waals surface area (Å²) < 4.78 is 0. The lowest BCUT2D eigenvalue weighted by Crippen LogP contribution is -2.28. The van der Waals surface area contributed by atoms with Crippen LogP contribution in [0.2, 0.25) is 5.02 Å². The van der Waals surface area contributed by atoms with Crippen LogP contribution in [-0.2, 0) is 4.79 Å². The van der Waals surface area contributed by atoms with Crippen molar-refractivity contribution in [2.24, 2.45) is 5.92 Å². The summed E-state index contributed by atoms with van der Waals surface area (Å²) in [6.45, 7) is 6.52. The molecule has 0 aliphatic carbocycles. The first-order chi connectivity index (χ1) is 8.13. The molecule has 17 heavy (non-hydrogen) atoms. The maximum atomic E-state index is 11.9. The molecule has 0 N–H and O–H groups in total. The minimum absolute atomic E-state index is 0.0288. The molecule has 1 fully saturated rings. The largest absolute Gasteiger partial charge is 0.335 e. The number of carbonyl (C=O) groups excluding carboxylic acids is 1. The second-order valence-electron chi connectivity index (χ2n) is 4.44. The van der Waals surface area contributed by atoms with Gasteiger partial charge in [-0.1, -0.05) is 35.9 Å². The molecule has 3 heteroatoms. The summed E-state index contributed by atoms with van der Waals surface area (Å²) in [6.07, 6.45) is 2.43. The Hall–Kier alpha value is -1.28. The highest BCUT2D eigenvalue weighted by molar-refractivity contribution is 6.31. The first-order valence-corrected chi connectivity index (χ1v) is 6.17. The molecule has 1 aliphatic rings. The lowest BCUT2D eigenvalue weighted by atomic mass is 10.1. The molecule has 0 bridgehead atoms. The summed E-state index contributed by atoms with van der Waals surface area (Å²) in [5.74, 6) is 0.453. The van der Waals surface area contributed by atoms with Gasteiger partial charge in [0, 0.05) is 23.9 Å². The van der Waals surface area contributed by atoms with Crippen molar-refractivity contribution in [1.82, 2.24) is 4.90 Å². The van der Waals surface area contributed by atoms with Gasteiger partial charge in [-0.3, -0.25) is 4.79 Å². The molecule has 1 amide bonds. The van der Waals surface area contributed by atoms with Crippen LogP contribution in [0.5, 0.6) is 0 Å². The summed E-state index contributed by atoms with van der Waals surface area (Å²) in [5.41, 5.74) is 1.01. The number of hydrogen-bond acceptors (Lipinski definition) is 1. The Morgan fingerprint density at radius 1 is 1.53 bits per heavy atom. The molecule has 90 valence electrons. The first-order valence-electron chi connectivity index (χ1n) is 5.80. The quantitative estimate of drug-likeness (QED) is 0.752. The van der Waals surface area contributed by atoms with E-state index in [0.717, 1.165) is 17.1 Å². The zero-order chi connectivity index (χ0) is 12.4. The highest BCUT2D eigenvalue weighted by atomic mass is 35.5. The lowest BCUT2D eigenvalue weighted by Gasteiger charge is -2.25. The third kappa shape index (κ3) is 2.37. The molecule has 0 radical (unpaired) electrons. The van der Waals surface area contributed by atoms with Crippen LogP contribution in [-0.4, -0.2) is 17.4 Å². The van der Waals surface area contributed by atoms with Crippen molar-refractivity contribution in [2.45, 2.75) is 19.4 Å². The molecule has 1 aromatic rings. The molecular formula is C14H16ClNO. The monoisotopic (exact) mass is 249 g/mol. The molecule has 2 rings (SSSR count). The van der Waals surface area contributed by atoms with Gasteiger partial charge in [0.1, 0.15) is 0 Å². The smallest absolute Gasteiger partial charge is 0.223 e. The molecule has 2 atom stereocenters. The van der Waals surface area contributed by atoms with Crippen molar-refractivity contribution >= 4 is 17.5 Å². The maximum absolute atomic E-state index is 11.9. The SMILES string of the molecule is C=CC1CC(=O)N(C(C)c2ccccc2Cl)C1. The zero-order valence-corrected chi connectivity index (χ0v) is 10.7. The lowest BCUT2D eigenvalue weighted by molar-refractivity contribution is -0.129. The van der Waals surface area contributed by atoms with E-state index in [1.54, 1.807) is 0 Å². The van der Waals surface area contributed by atoms with Crippen molar-refractivity contribution in [3.8, 4) is 0 Å². The van der Waals surface area contributed by atoms with Gasteiger partial charge in [0.2, 0.25) is 5.91 Å². The van der Waals surface area contributed by atoms with E-state index in [9.17, 15) is 4.79 Å². The maximum Gasteiger partial charge on any atom is 0.223 e. The Labute approximate surface area is 107 Å². The summed E-state index contributed by atoms with van der Waals surface area (Å²) in [5, 5.41) is 0.717. The summed E-state index contributed by atoms with van der Waals surface area (Å²) in [7, 11) is 0. The fourth-order valence-electron chi connectivity index (χ4n) is 2.27. The molecule has 0 aromatic heterocycles. The predicted molar refractivity (Wildman–Crippen MR) is 69.9 cm³/mol. The fourth-order valence-corrected chi connectivity index (χ4v) is 2.57. The van der Waals surface area contributed by atoms with Crippen molar-refractivity contribution in [3.05, 3.63) is 47.5 Å². The van der Waals surface area contributed by atoms with Gasteiger partial charge in [-0.25, -0.2) is 0 Å². The van der Waals surface area contributed by atoms with Gasteiger partial charge < -0.3 is 4.90 Å². The molecular weight excluding hydrogens is 234 g/mol. The normalized spacial score (nSPS) is 21.6. The molecule has 2 nitrogen and oxygen atoms in total. The van der Waals surface area contributed by atoms with Crippen LogP contribution in [0, 0.1) is 5.92 Å². The van der Waals surface area contributed by atoms with Crippen LogP contribution in [0.1, 0.15) is 24.9 Å². The second-order valence-corrected chi connectivity index (χ2v) is 4.85. The Kier molecular flexibility index (Phi) is 3.53. The van der Waals surface area contributed by atoms with Crippen LogP contribution < -0.4 is 0 Å². The van der Waals surface area contributed by atoms with Gasteiger partial charge in [-0.2, -0.15) is 0 Å². The van der Waals surface area contributed by atoms with E-state index in [4.69, 9.17) is 11.6 Å².